The maximum Gasteiger partial charge on any atom is 0.243 e. The number of amides is 2. The zero-order valence-electron chi connectivity index (χ0n) is 16.0. The van der Waals surface area contributed by atoms with Gasteiger partial charge in [-0.05, 0) is 43.0 Å². The highest BCUT2D eigenvalue weighted by atomic mass is 16.2. The quantitative estimate of drug-likeness (QED) is 0.699. The first kappa shape index (κ1) is 18.7. The Bertz CT molecular complexity index is 954. The van der Waals surface area contributed by atoms with Crippen molar-refractivity contribution in [2.75, 3.05) is 18.9 Å². The number of benzene rings is 2. The number of fused-ring (bicyclic) bond motifs is 1. The lowest BCUT2D eigenvalue weighted by atomic mass is 10.1. The lowest BCUT2D eigenvalue weighted by Gasteiger charge is -2.18. The van der Waals surface area contributed by atoms with Crippen molar-refractivity contribution >= 4 is 28.4 Å². The van der Waals surface area contributed by atoms with Gasteiger partial charge in [0.05, 0.1) is 6.54 Å². The summed E-state index contributed by atoms with van der Waals surface area (Å²) in [5.74, 6) is -0.229. The molecule has 3 rings (SSSR count). The van der Waals surface area contributed by atoms with E-state index in [2.05, 4.69) is 10.3 Å². The topological polar surface area (TPSA) is 65.2 Å². The molecule has 3 aromatic rings. The molecule has 1 aromatic heterocycles. The van der Waals surface area contributed by atoms with E-state index in [1.54, 1.807) is 7.05 Å². The minimum atomic E-state index is -0.185. The van der Waals surface area contributed by atoms with Crippen LogP contribution in [0.1, 0.15) is 23.1 Å². The van der Waals surface area contributed by atoms with Crippen molar-refractivity contribution in [3.8, 4) is 0 Å². The Morgan fingerprint density at radius 2 is 1.74 bits per heavy atom. The summed E-state index contributed by atoms with van der Waals surface area (Å²) >= 11 is 0. The number of hydrogen-bond acceptors (Lipinski definition) is 2. The van der Waals surface area contributed by atoms with Gasteiger partial charge in [-0.2, -0.15) is 0 Å². The summed E-state index contributed by atoms with van der Waals surface area (Å²) in [4.78, 5) is 29.5. The van der Waals surface area contributed by atoms with Gasteiger partial charge in [-0.3, -0.25) is 9.59 Å². The van der Waals surface area contributed by atoms with Gasteiger partial charge in [0.15, 0.2) is 0 Å². The number of aryl methyl sites for hydroxylation is 3. The first-order valence-electron chi connectivity index (χ1n) is 9.10. The smallest absolute Gasteiger partial charge is 0.243 e. The average Bonchev–Trinajstić information content (AvgIpc) is 3.06. The molecule has 0 saturated carbocycles. The molecule has 5 nitrogen and oxygen atoms in total. The first-order valence-corrected chi connectivity index (χ1v) is 9.10. The number of carbonyl (C=O) groups is 2. The summed E-state index contributed by atoms with van der Waals surface area (Å²) in [6.07, 6.45) is 2.96. The third-order valence-electron chi connectivity index (χ3n) is 4.84. The van der Waals surface area contributed by atoms with E-state index >= 15 is 0 Å². The zero-order valence-corrected chi connectivity index (χ0v) is 16.0. The molecule has 140 valence electrons. The molecule has 0 saturated heterocycles. The Morgan fingerprint density at radius 1 is 1.04 bits per heavy atom. The van der Waals surface area contributed by atoms with Crippen molar-refractivity contribution in [3.63, 3.8) is 0 Å². The molecular formula is C22H25N3O2. The van der Waals surface area contributed by atoms with Gasteiger partial charge in [0.1, 0.15) is 0 Å². The van der Waals surface area contributed by atoms with Crippen LogP contribution in [0.3, 0.4) is 0 Å². The number of nitrogens with zero attached hydrogens (tertiary/aromatic N) is 1. The van der Waals surface area contributed by atoms with E-state index in [0.717, 1.165) is 33.3 Å². The molecule has 27 heavy (non-hydrogen) atoms. The van der Waals surface area contributed by atoms with Gasteiger partial charge in [-0.1, -0.05) is 36.4 Å². The summed E-state index contributed by atoms with van der Waals surface area (Å²) in [6.45, 7) is 3.96. The molecule has 0 aliphatic heterocycles. The molecule has 0 fully saturated rings. The molecule has 2 amide bonds. The van der Waals surface area contributed by atoms with Crippen LogP contribution in [0.15, 0.2) is 48.7 Å². The molecule has 0 spiro atoms. The summed E-state index contributed by atoms with van der Waals surface area (Å²) < 4.78 is 0. The number of para-hydroxylation sites is 2. The third-order valence-corrected chi connectivity index (χ3v) is 4.84. The van der Waals surface area contributed by atoms with Crippen LogP contribution in [0.5, 0.6) is 0 Å². The van der Waals surface area contributed by atoms with Gasteiger partial charge in [0.2, 0.25) is 11.8 Å². The predicted molar refractivity (Wildman–Crippen MR) is 109 cm³/mol. The molecule has 5 heteroatoms. The van der Waals surface area contributed by atoms with Crippen LogP contribution in [0.2, 0.25) is 0 Å². The van der Waals surface area contributed by atoms with Gasteiger partial charge >= 0.3 is 0 Å². The van der Waals surface area contributed by atoms with E-state index in [1.165, 1.54) is 4.90 Å². The van der Waals surface area contributed by atoms with Gasteiger partial charge in [-0.25, -0.2) is 0 Å². The van der Waals surface area contributed by atoms with Gasteiger partial charge in [0.25, 0.3) is 0 Å². The Hall–Kier alpha value is -3.08. The first-order chi connectivity index (χ1) is 13.0. The van der Waals surface area contributed by atoms with Crippen molar-refractivity contribution in [2.24, 2.45) is 0 Å². The summed E-state index contributed by atoms with van der Waals surface area (Å²) in [6, 6.07) is 13.9. The molecule has 2 N–H and O–H groups in total. The fourth-order valence-electron chi connectivity index (χ4n) is 3.27. The molecule has 0 atom stereocenters. The van der Waals surface area contributed by atoms with Crippen molar-refractivity contribution in [3.05, 3.63) is 65.4 Å². The van der Waals surface area contributed by atoms with Gasteiger partial charge < -0.3 is 15.2 Å². The van der Waals surface area contributed by atoms with Crippen LogP contribution >= 0.6 is 0 Å². The summed E-state index contributed by atoms with van der Waals surface area (Å²) in [5.41, 5.74) is 5.03. The normalized spacial score (nSPS) is 10.8. The summed E-state index contributed by atoms with van der Waals surface area (Å²) in [5, 5.41) is 4.06. The minimum Gasteiger partial charge on any atom is -0.361 e. The molecule has 0 unspecified atom stereocenters. The van der Waals surface area contributed by atoms with Gasteiger partial charge in [-0.15, -0.1) is 0 Å². The molecule has 1 heterocycles. The van der Waals surface area contributed by atoms with Crippen molar-refractivity contribution in [1.29, 1.82) is 0 Å². The average molecular weight is 363 g/mol. The number of anilines is 1. The van der Waals surface area contributed by atoms with E-state index in [9.17, 15) is 9.59 Å². The Balaban J connectivity index is 1.55. The van der Waals surface area contributed by atoms with E-state index in [4.69, 9.17) is 0 Å². The van der Waals surface area contributed by atoms with Crippen LogP contribution < -0.4 is 5.32 Å². The number of hydrogen-bond donors (Lipinski definition) is 2. The van der Waals surface area contributed by atoms with E-state index < -0.39 is 0 Å². The van der Waals surface area contributed by atoms with Crippen LogP contribution in [0.25, 0.3) is 10.9 Å². The molecule has 0 radical (unpaired) electrons. The van der Waals surface area contributed by atoms with Crippen molar-refractivity contribution in [1.82, 2.24) is 9.88 Å². The van der Waals surface area contributed by atoms with Crippen LogP contribution in [-0.2, 0) is 16.0 Å². The summed E-state index contributed by atoms with van der Waals surface area (Å²) in [7, 11) is 1.67. The predicted octanol–water partition coefficient (Wildman–Crippen LogP) is 3.81. The lowest BCUT2D eigenvalue weighted by molar-refractivity contribution is -0.133. The number of nitrogens with one attached hydrogen (secondary N) is 2. The molecule has 0 aliphatic carbocycles. The zero-order chi connectivity index (χ0) is 19.4. The SMILES string of the molecule is Cc1cccc(C)c1NC(=O)CN(C)C(=O)CCc1c[nH]c2ccccc12. The van der Waals surface area contributed by atoms with Crippen molar-refractivity contribution < 1.29 is 9.59 Å². The largest absolute Gasteiger partial charge is 0.361 e. The monoisotopic (exact) mass is 363 g/mol. The second-order valence-corrected chi connectivity index (χ2v) is 6.92. The molecular weight excluding hydrogens is 338 g/mol. The highest BCUT2D eigenvalue weighted by molar-refractivity contribution is 5.95. The highest BCUT2D eigenvalue weighted by Gasteiger charge is 2.15. The van der Waals surface area contributed by atoms with Crippen LogP contribution in [-0.4, -0.2) is 35.3 Å². The second kappa shape index (κ2) is 8.08. The minimum absolute atomic E-state index is 0.0422. The Morgan fingerprint density at radius 3 is 2.48 bits per heavy atom. The molecule has 0 bridgehead atoms. The third kappa shape index (κ3) is 4.37. The standard InChI is InChI=1S/C22H25N3O2/c1-15-7-6-8-16(2)22(15)24-20(26)14-25(3)21(27)12-11-17-13-23-19-10-5-4-9-18(17)19/h4-10,13,23H,11-12,14H2,1-3H3,(H,24,26). The van der Waals surface area contributed by atoms with Gasteiger partial charge in [0, 0.05) is 36.3 Å². The van der Waals surface area contributed by atoms with E-state index in [1.807, 2.05) is 62.5 Å². The number of H-pyrrole nitrogens is 1. The number of rotatable bonds is 6. The van der Waals surface area contributed by atoms with Crippen LogP contribution in [0, 0.1) is 13.8 Å². The number of aromatic nitrogens is 1. The molecule has 0 aliphatic rings. The highest BCUT2D eigenvalue weighted by Crippen LogP contribution is 2.20. The fourth-order valence-corrected chi connectivity index (χ4v) is 3.27. The van der Waals surface area contributed by atoms with Crippen LogP contribution in [0.4, 0.5) is 5.69 Å². The number of likely N-dealkylation sites (N-methyl/N-ethyl adjacent to an activating group) is 1. The molecule has 2 aromatic carbocycles. The number of aromatic amines is 1. The maximum atomic E-state index is 12.4. The van der Waals surface area contributed by atoms with E-state index in [0.29, 0.717) is 12.8 Å². The number of carbonyl (C=O) groups excluding carboxylic acids is 2. The maximum absolute atomic E-state index is 12.4. The second-order valence-electron chi connectivity index (χ2n) is 6.92. The Labute approximate surface area is 159 Å². The lowest BCUT2D eigenvalue weighted by Crippen LogP contribution is -2.35. The Kier molecular flexibility index (Phi) is 5.60. The van der Waals surface area contributed by atoms with Crippen molar-refractivity contribution in [2.45, 2.75) is 26.7 Å². The van der Waals surface area contributed by atoms with E-state index in [-0.39, 0.29) is 18.4 Å². The fraction of sp³-hybridized carbons (Fsp3) is 0.273.